The molecular weight excluding hydrogens is 394 g/mol. The van der Waals surface area contributed by atoms with Gasteiger partial charge in [-0.15, -0.1) is 11.3 Å². The molecule has 0 saturated carbocycles. The van der Waals surface area contributed by atoms with Gasteiger partial charge in [-0.25, -0.2) is 14.5 Å². The minimum atomic E-state index is -1.02. The lowest BCUT2D eigenvalue weighted by Crippen LogP contribution is -2.01. The Bertz CT molecular complexity index is 1200. The predicted molar refractivity (Wildman–Crippen MR) is 114 cm³/mol. The molecule has 140 valence electrons. The van der Waals surface area contributed by atoms with E-state index in [0.717, 1.165) is 38.7 Å². The van der Waals surface area contributed by atoms with Crippen molar-refractivity contribution >= 4 is 46.0 Å². The molecule has 0 fully saturated rings. The number of carboxylic acids is 1. The lowest BCUT2D eigenvalue weighted by atomic mass is 9.97. The van der Waals surface area contributed by atoms with Gasteiger partial charge in [-0.2, -0.15) is 5.10 Å². The van der Waals surface area contributed by atoms with E-state index in [4.69, 9.17) is 16.6 Å². The summed E-state index contributed by atoms with van der Waals surface area (Å²) in [6.45, 7) is 2.69. The molecule has 4 rings (SSSR count). The van der Waals surface area contributed by atoms with Gasteiger partial charge >= 0.3 is 5.97 Å². The molecule has 0 aliphatic carbocycles. The van der Waals surface area contributed by atoms with Crippen molar-refractivity contribution in [3.63, 3.8) is 0 Å². The maximum absolute atomic E-state index is 11.2. The number of halogens is 1. The first-order chi connectivity index (χ1) is 13.6. The Hall–Kier alpha value is -2.96. The first kappa shape index (κ1) is 18.4. The van der Waals surface area contributed by atoms with Gasteiger partial charge in [0.1, 0.15) is 0 Å². The first-order valence-corrected chi connectivity index (χ1v) is 9.89. The van der Waals surface area contributed by atoms with Crippen molar-refractivity contribution in [2.24, 2.45) is 0 Å². The van der Waals surface area contributed by atoms with E-state index in [2.05, 4.69) is 5.10 Å². The number of thiophene rings is 1. The van der Waals surface area contributed by atoms with Crippen LogP contribution in [-0.4, -0.2) is 25.8 Å². The molecule has 3 aromatic heterocycles. The number of carboxylic acid groups (broad SMARTS) is 1. The summed E-state index contributed by atoms with van der Waals surface area (Å²) in [5.74, 6) is -1.02. The minimum Gasteiger partial charge on any atom is -0.478 e. The zero-order valence-corrected chi connectivity index (χ0v) is 16.5. The second-order valence-electron chi connectivity index (χ2n) is 6.09. The quantitative estimate of drug-likeness (QED) is 0.436. The van der Waals surface area contributed by atoms with Gasteiger partial charge in [0.25, 0.3) is 0 Å². The largest absolute Gasteiger partial charge is 0.478 e. The third-order valence-corrected chi connectivity index (χ3v) is 5.63. The van der Waals surface area contributed by atoms with Crippen molar-refractivity contribution in [3.8, 4) is 21.7 Å². The summed E-state index contributed by atoms with van der Waals surface area (Å²) in [5.41, 5.74) is 3.99. The summed E-state index contributed by atoms with van der Waals surface area (Å²) in [5, 5.41) is 14.5. The molecule has 0 spiro atoms. The number of carbonyl (C=O) groups is 1. The van der Waals surface area contributed by atoms with E-state index in [-0.39, 0.29) is 0 Å². The van der Waals surface area contributed by atoms with E-state index in [1.165, 1.54) is 11.3 Å². The van der Waals surface area contributed by atoms with E-state index >= 15 is 0 Å². The molecule has 7 heteroatoms. The number of aromatic nitrogens is 3. The van der Waals surface area contributed by atoms with E-state index < -0.39 is 5.97 Å². The molecule has 1 aromatic carbocycles. The molecule has 28 heavy (non-hydrogen) atoms. The summed E-state index contributed by atoms with van der Waals surface area (Å²) in [6, 6.07) is 13.5. The third-order valence-electron chi connectivity index (χ3n) is 4.38. The number of aryl methyl sites for hydroxylation is 1. The van der Waals surface area contributed by atoms with Crippen LogP contribution in [0.5, 0.6) is 0 Å². The molecule has 0 aliphatic heterocycles. The summed E-state index contributed by atoms with van der Waals surface area (Å²) >= 11 is 7.64. The second kappa shape index (κ2) is 7.58. The molecule has 1 N–H and O–H groups in total. The molecule has 0 saturated heterocycles. The van der Waals surface area contributed by atoms with Crippen LogP contribution < -0.4 is 0 Å². The number of rotatable bonds is 5. The molecule has 0 atom stereocenters. The van der Waals surface area contributed by atoms with Gasteiger partial charge in [-0.1, -0.05) is 41.9 Å². The van der Waals surface area contributed by atoms with Crippen LogP contribution in [0.2, 0.25) is 4.34 Å². The van der Waals surface area contributed by atoms with E-state index in [0.29, 0.717) is 16.6 Å². The van der Waals surface area contributed by atoms with Crippen molar-refractivity contribution in [1.29, 1.82) is 0 Å². The summed E-state index contributed by atoms with van der Waals surface area (Å²) in [6.07, 6.45) is 4.52. The Morgan fingerprint density at radius 1 is 1.25 bits per heavy atom. The van der Waals surface area contributed by atoms with Crippen molar-refractivity contribution in [2.75, 3.05) is 0 Å². The fourth-order valence-electron chi connectivity index (χ4n) is 3.18. The maximum atomic E-state index is 11.2. The Morgan fingerprint density at radius 3 is 2.68 bits per heavy atom. The zero-order chi connectivity index (χ0) is 19.7. The zero-order valence-electron chi connectivity index (χ0n) is 15.0. The lowest BCUT2D eigenvalue weighted by molar-refractivity contribution is -0.131. The van der Waals surface area contributed by atoms with Crippen molar-refractivity contribution in [2.45, 2.75) is 13.5 Å². The Labute approximate surface area is 170 Å². The topological polar surface area (TPSA) is 68.0 Å². The van der Waals surface area contributed by atoms with Crippen molar-refractivity contribution in [1.82, 2.24) is 14.8 Å². The second-order valence-corrected chi connectivity index (χ2v) is 7.80. The Kier molecular flexibility index (Phi) is 4.98. The lowest BCUT2D eigenvalue weighted by Gasteiger charge is -2.13. The van der Waals surface area contributed by atoms with Gasteiger partial charge in [0.2, 0.25) is 0 Å². The molecule has 0 amide bonds. The molecular formula is C21H16ClN3O2S. The van der Waals surface area contributed by atoms with Gasteiger partial charge in [-0.3, -0.25) is 0 Å². The van der Waals surface area contributed by atoms with Crippen LogP contribution in [0.1, 0.15) is 12.5 Å². The molecule has 0 unspecified atom stereocenters. The summed E-state index contributed by atoms with van der Waals surface area (Å²) < 4.78 is 2.50. The van der Waals surface area contributed by atoms with Crippen LogP contribution in [0.25, 0.3) is 38.8 Å². The van der Waals surface area contributed by atoms with Gasteiger partial charge in [-0.05, 0) is 25.1 Å². The third kappa shape index (κ3) is 3.32. The van der Waals surface area contributed by atoms with Gasteiger partial charge in [0, 0.05) is 39.6 Å². The highest BCUT2D eigenvalue weighted by molar-refractivity contribution is 7.19. The van der Waals surface area contributed by atoms with Gasteiger partial charge in [0.15, 0.2) is 5.65 Å². The van der Waals surface area contributed by atoms with Crippen molar-refractivity contribution < 1.29 is 9.90 Å². The maximum Gasteiger partial charge on any atom is 0.328 e. The van der Waals surface area contributed by atoms with E-state index in [1.54, 1.807) is 12.3 Å². The van der Waals surface area contributed by atoms with Gasteiger partial charge in [0.05, 0.1) is 16.2 Å². The Balaban J connectivity index is 2.14. The molecule has 0 bridgehead atoms. The Morgan fingerprint density at radius 2 is 2.04 bits per heavy atom. The smallest absolute Gasteiger partial charge is 0.328 e. The van der Waals surface area contributed by atoms with Crippen LogP contribution in [0.3, 0.4) is 0 Å². The monoisotopic (exact) mass is 409 g/mol. The average Bonchev–Trinajstić information content (AvgIpc) is 3.31. The number of hydrogen-bond acceptors (Lipinski definition) is 4. The molecule has 5 nitrogen and oxygen atoms in total. The fourth-order valence-corrected chi connectivity index (χ4v) is 4.30. The molecule has 0 radical (unpaired) electrons. The van der Waals surface area contributed by atoms with Gasteiger partial charge < -0.3 is 5.11 Å². The normalized spacial score (nSPS) is 11.5. The fraction of sp³-hybridized carbons (Fsp3) is 0.0952. The summed E-state index contributed by atoms with van der Waals surface area (Å²) in [4.78, 5) is 17.1. The van der Waals surface area contributed by atoms with E-state index in [9.17, 15) is 9.90 Å². The number of pyridine rings is 1. The highest BCUT2D eigenvalue weighted by atomic mass is 35.5. The first-order valence-electron chi connectivity index (χ1n) is 8.70. The number of nitrogens with zero attached hydrogens (tertiary/aromatic N) is 3. The highest BCUT2D eigenvalue weighted by Crippen LogP contribution is 2.41. The molecule has 0 aliphatic rings. The number of benzene rings is 1. The van der Waals surface area contributed by atoms with Crippen LogP contribution in [0.15, 0.2) is 54.7 Å². The van der Waals surface area contributed by atoms with Crippen molar-refractivity contribution in [3.05, 3.63) is 64.6 Å². The highest BCUT2D eigenvalue weighted by Gasteiger charge is 2.20. The average molecular weight is 410 g/mol. The molecule has 3 heterocycles. The van der Waals surface area contributed by atoms with E-state index in [1.807, 2.05) is 54.1 Å². The standard InChI is InChI=1S/C21H16ClN3O2S/c1-2-25-21-15(12-23-25)19(16-9-10-17(22)28-16)14(8-11-18(26)27)20(24-21)13-6-4-3-5-7-13/h3-12H,2H2,1H3,(H,26,27). The predicted octanol–water partition coefficient (Wildman–Crippen LogP) is 5.60. The van der Waals surface area contributed by atoms with Crippen LogP contribution >= 0.6 is 22.9 Å². The van der Waals surface area contributed by atoms with Crippen LogP contribution in [0, 0.1) is 0 Å². The number of fused-ring (bicyclic) bond motifs is 1. The van der Waals surface area contributed by atoms with Crippen LogP contribution in [0.4, 0.5) is 0 Å². The number of aliphatic carboxylic acids is 1. The summed E-state index contributed by atoms with van der Waals surface area (Å²) in [7, 11) is 0. The molecule has 4 aromatic rings. The number of hydrogen-bond donors (Lipinski definition) is 1. The van der Waals surface area contributed by atoms with Crippen LogP contribution in [-0.2, 0) is 11.3 Å². The minimum absolute atomic E-state index is 0.664. The SMILES string of the molecule is CCn1ncc2c(-c3ccc(Cl)s3)c(C=CC(=O)O)c(-c3ccccc3)nc21.